The molecular formula is C21H17ClN2O4. The van der Waals surface area contributed by atoms with Crippen LogP contribution < -0.4 is 0 Å². The van der Waals surface area contributed by atoms with E-state index in [1.165, 1.54) is 12.1 Å². The number of hydrogen-bond acceptors (Lipinski definition) is 4. The first-order chi connectivity index (χ1) is 13.5. The maximum atomic E-state index is 13.2. The van der Waals surface area contributed by atoms with E-state index in [9.17, 15) is 9.59 Å². The van der Waals surface area contributed by atoms with Crippen LogP contribution in [-0.2, 0) is 4.74 Å². The van der Waals surface area contributed by atoms with Gasteiger partial charge in [0.15, 0.2) is 0 Å². The Hall–Kier alpha value is -2.96. The highest BCUT2D eigenvalue weighted by Crippen LogP contribution is 2.28. The van der Waals surface area contributed by atoms with Crippen molar-refractivity contribution in [3.8, 4) is 11.3 Å². The second-order valence-electron chi connectivity index (χ2n) is 6.50. The number of carboxylic acid groups (broad SMARTS) is 1. The van der Waals surface area contributed by atoms with Gasteiger partial charge >= 0.3 is 5.97 Å². The number of benzene rings is 2. The lowest BCUT2D eigenvalue weighted by Crippen LogP contribution is -2.40. The van der Waals surface area contributed by atoms with Crippen LogP contribution in [0, 0.1) is 0 Å². The maximum Gasteiger partial charge on any atom is 0.335 e. The van der Waals surface area contributed by atoms with Crippen molar-refractivity contribution in [1.29, 1.82) is 0 Å². The van der Waals surface area contributed by atoms with E-state index < -0.39 is 5.97 Å². The number of carbonyl (C=O) groups is 2. The third kappa shape index (κ3) is 3.56. The van der Waals surface area contributed by atoms with Crippen LogP contribution in [-0.4, -0.2) is 53.2 Å². The number of carbonyl (C=O) groups excluding carboxylic acids is 1. The number of pyridine rings is 1. The Balaban J connectivity index is 1.83. The second kappa shape index (κ2) is 7.58. The van der Waals surface area contributed by atoms with Gasteiger partial charge in [-0.15, -0.1) is 0 Å². The largest absolute Gasteiger partial charge is 0.478 e. The Morgan fingerprint density at radius 3 is 2.43 bits per heavy atom. The number of amides is 1. The zero-order valence-electron chi connectivity index (χ0n) is 14.9. The van der Waals surface area contributed by atoms with Crippen LogP contribution in [0.25, 0.3) is 22.2 Å². The summed E-state index contributed by atoms with van der Waals surface area (Å²) in [6.07, 6.45) is 0. The van der Waals surface area contributed by atoms with Crippen LogP contribution in [0.4, 0.5) is 0 Å². The molecule has 0 unspecified atom stereocenters. The molecule has 142 valence electrons. The van der Waals surface area contributed by atoms with Crippen molar-refractivity contribution < 1.29 is 19.4 Å². The molecule has 1 saturated heterocycles. The topological polar surface area (TPSA) is 79.7 Å². The van der Waals surface area contributed by atoms with Crippen LogP contribution in [0.1, 0.15) is 20.7 Å². The van der Waals surface area contributed by atoms with Gasteiger partial charge in [-0.25, -0.2) is 9.78 Å². The van der Waals surface area contributed by atoms with Gasteiger partial charge in [-0.05, 0) is 30.3 Å². The van der Waals surface area contributed by atoms with Crippen LogP contribution in [0.3, 0.4) is 0 Å². The lowest BCUT2D eigenvalue weighted by molar-refractivity contribution is 0.0304. The number of fused-ring (bicyclic) bond motifs is 1. The van der Waals surface area contributed by atoms with Gasteiger partial charge in [0.2, 0.25) is 0 Å². The molecule has 0 radical (unpaired) electrons. The fourth-order valence-corrected chi connectivity index (χ4v) is 3.41. The molecule has 0 aliphatic carbocycles. The van der Waals surface area contributed by atoms with Gasteiger partial charge in [0.25, 0.3) is 5.91 Å². The Morgan fingerprint density at radius 2 is 1.75 bits per heavy atom. The summed E-state index contributed by atoms with van der Waals surface area (Å²) >= 11 is 6.14. The summed E-state index contributed by atoms with van der Waals surface area (Å²) in [4.78, 5) is 30.7. The number of carboxylic acids is 1. The van der Waals surface area contributed by atoms with Crippen LogP contribution in [0.2, 0.25) is 5.02 Å². The van der Waals surface area contributed by atoms with E-state index in [0.717, 1.165) is 10.9 Å². The number of hydrogen-bond donors (Lipinski definition) is 1. The number of nitrogens with zero attached hydrogens (tertiary/aromatic N) is 2. The first-order valence-electron chi connectivity index (χ1n) is 8.84. The highest BCUT2D eigenvalue weighted by atomic mass is 35.5. The van der Waals surface area contributed by atoms with E-state index in [1.807, 2.05) is 0 Å². The normalized spacial score (nSPS) is 14.2. The van der Waals surface area contributed by atoms with Crippen molar-refractivity contribution in [2.75, 3.05) is 26.3 Å². The van der Waals surface area contributed by atoms with E-state index in [1.54, 1.807) is 41.3 Å². The van der Waals surface area contributed by atoms with E-state index in [2.05, 4.69) is 4.98 Å². The molecule has 1 fully saturated rings. The fourth-order valence-electron chi connectivity index (χ4n) is 3.25. The minimum atomic E-state index is -0.993. The second-order valence-corrected chi connectivity index (χ2v) is 6.94. The first-order valence-corrected chi connectivity index (χ1v) is 9.22. The predicted octanol–water partition coefficient (Wildman–Crippen LogP) is 3.73. The Kier molecular flexibility index (Phi) is 4.98. The molecular weight excluding hydrogens is 380 g/mol. The molecule has 0 spiro atoms. The lowest BCUT2D eigenvalue weighted by atomic mass is 10.0. The molecule has 1 amide bonds. The van der Waals surface area contributed by atoms with Gasteiger partial charge < -0.3 is 14.7 Å². The predicted molar refractivity (Wildman–Crippen MR) is 106 cm³/mol. The molecule has 1 aliphatic heterocycles. The average molecular weight is 397 g/mol. The Morgan fingerprint density at radius 1 is 1.04 bits per heavy atom. The monoisotopic (exact) mass is 396 g/mol. The molecule has 0 saturated carbocycles. The molecule has 4 rings (SSSR count). The third-order valence-corrected chi connectivity index (χ3v) is 4.96. The molecule has 28 heavy (non-hydrogen) atoms. The lowest BCUT2D eigenvalue weighted by Gasteiger charge is -2.27. The smallest absolute Gasteiger partial charge is 0.335 e. The van der Waals surface area contributed by atoms with Crippen molar-refractivity contribution in [2.45, 2.75) is 0 Å². The summed E-state index contributed by atoms with van der Waals surface area (Å²) in [7, 11) is 0. The Labute approximate surface area is 166 Å². The van der Waals surface area contributed by atoms with E-state index in [0.29, 0.717) is 48.1 Å². The number of rotatable bonds is 3. The van der Waals surface area contributed by atoms with Crippen molar-refractivity contribution in [3.63, 3.8) is 0 Å². The van der Waals surface area contributed by atoms with Gasteiger partial charge in [0, 0.05) is 29.1 Å². The minimum absolute atomic E-state index is 0.0820. The standard InChI is InChI=1S/C21H17ClN2O4/c22-15-5-6-16-17(20(25)24-7-9-28-10-8-24)12-18(23-19(16)11-15)13-1-3-14(4-2-13)21(26)27/h1-6,11-12H,7-10H2,(H,26,27). The van der Waals surface area contributed by atoms with Crippen molar-refractivity contribution in [1.82, 2.24) is 9.88 Å². The summed E-state index contributed by atoms with van der Waals surface area (Å²) in [5.74, 6) is -1.07. The first kappa shape index (κ1) is 18.4. The van der Waals surface area contributed by atoms with E-state index in [4.69, 9.17) is 21.4 Å². The molecule has 0 bridgehead atoms. The average Bonchev–Trinajstić information content (AvgIpc) is 2.73. The van der Waals surface area contributed by atoms with Gasteiger partial charge in [-0.3, -0.25) is 4.79 Å². The van der Waals surface area contributed by atoms with Crippen LogP contribution >= 0.6 is 11.6 Å². The molecule has 2 heterocycles. The van der Waals surface area contributed by atoms with Crippen molar-refractivity contribution >= 4 is 34.4 Å². The summed E-state index contributed by atoms with van der Waals surface area (Å²) in [5, 5.41) is 10.3. The summed E-state index contributed by atoms with van der Waals surface area (Å²) in [5.41, 5.74) is 2.66. The molecule has 0 atom stereocenters. The number of aromatic carboxylic acids is 1. The molecule has 2 aromatic carbocycles. The van der Waals surface area contributed by atoms with Crippen LogP contribution in [0.15, 0.2) is 48.5 Å². The van der Waals surface area contributed by atoms with Gasteiger partial charge in [0.1, 0.15) is 0 Å². The summed E-state index contributed by atoms with van der Waals surface area (Å²) in [6, 6.07) is 13.4. The zero-order valence-corrected chi connectivity index (χ0v) is 15.6. The molecule has 1 aliphatic rings. The highest BCUT2D eigenvalue weighted by molar-refractivity contribution is 6.31. The summed E-state index contributed by atoms with van der Waals surface area (Å²) in [6.45, 7) is 2.12. The highest BCUT2D eigenvalue weighted by Gasteiger charge is 2.22. The maximum absolute atomic E-state index is 13.2. The molecule has 1 aromatic heterocycles. The fraction of sp³-hybridized carbons (Fsp3) is 0.190. The molecule has 7 heteroatoms. The number of aromatic nitrogens is 1. The zero-order chi connectivity index (χ0) is 19.7. The van der Waals surface area contributed by atoms with Gasteiger partial charge in [-0.1, -0.05) is 29.8 Å². The molecule has 1 N–H and O–H groups in total. The SMILES string of the molecule is O=C(O)c1ccc(-c2cc(C(=O)N3CCOCC3)c3ccc(Cl)cc3n2)cc1. The number of ether oxygens (including phenoxy) is 1. The van der Waals surface area contributed by atoms with E-state index in [-0.39, 0.29) is 11.5 Å². The third-order valence-electron chi connectivity index (χ3n) is 4.73. The quantitative estimate of drug-likeness (QED) is 0.729. The summed E-state index contributed by atoms with van der Waals surface area (Å²) < 4.78 is 5.34. The minimum Gasteiger partial charge on any atom is -0.478 e. The molecule has 6 nitrogen and oxygen atoms in total. The Bertz CT molecular complexity index is 1060. The van der Waals surface area contributed by atoms with Gasteiger partial charge in [-0.2, -0.15) is 0 Å². The van der Waals surface area contributed by atoms with Crippen LogP contribution in [0.5, 0.6) is 0 Å². The van der Waals surface area contributed by atoms with E-state index >= 15 is 0 Å². The van der Waals surface area contributed by atoms with Crippen molar-refractivity contribution in [2.24, 2.45) is 0 Å². The van der Waals surface area contributed by atoms with Gasteiger partial charge in [0.05, 0.1) is 35.6 Å². The number of morpholine rings is 1. The number of halogens is 1. The molecule has 3 aromatic rings. The van der Waals surface area contributed by atoms with Crippen molar-refractivity contribution in [3.05, 3.63) is 64.7 Å².